The van der Waals surface area contributed by atoms with Crippen LogP contribution >= 0.6 is 0 Å². The Morgan fingerprint density at radius 2 is 1.55 bits per heavy atom. The van der Waals surface area contributed by atoms with Gasteiger partial charge in [0, 0.05) is 90.1 Å². The van der Waals surface area contributed by atoms with Crippen molar-refractivity contribution in [1.29, 1.82) is 0 Å². The van der Waals surface area contributed by atoms with Crippen LogP contribution in [0.4, 0.5) is 10.5 Å². The quantitative estimate of drug-likeness (QED) is 0.331. The summed E-state index contributed by atoms with van der Waals surface area (Å²) < 4.78 is 11.0. The molecular formula is C38H51N5O6. The Morgan fingerprint density at radius 1 is 0.878 bits per heavy atom. The molecule has 0 saturated carbocycles. The van der Waals surface area contributed by atoms with Crippen molar-refractivity contribution in [3.05, 3.63) is 58.7 Å². The van der Waals surface area contributed by atoms with Gasteiger partial charge in [0.05, 0.1) is 5.92 Å². The third-order valence-electron chi connectivity index (χ3n) is 10.8. The van der Waals surface area contributed by atoms with Crippen LogP contribution in [0.2, 0.25) is 0 Å². The summed E-state index contributed by atoms with van der Waals surface area (Å²) in [6, 6.07) is 12.3. The number of nitrogens with zero attached hydrogens (tertiary/aromatic N) is 4. The molecule has 2 aromatic carbocycles. The van der Waals surface area contributed by atoms with E-state index >= 15 is 0 Å². The van der Waals surface area contributed by atoms with E-state index in [-0.39, 0.29) is 36.3 Å². The van der Waals surface area contributed by atoms with Gasteiger partial charge < -0.3 is 29.5 Å². The van der Waals surface area contributed by atoms with E-state index in [9.17, 15) is 19.2 Å². The number of carbonyl (C=O) groups excluding carboxylic acids is 4. The Bertz CT molecular complexity index is 1500. The van der Waals surface area contributed by atoms with Crippen LogP contribution < -0.4 is 10.1 Å². The number of piperazine rings is 1. The summed E-state index contributed by atoms with van der Waals surface area (Å²) in [7, 11) is 0. The van der Waals surface area contributed by atoms with Gasteiger partial charge in [0.25, 0.3) is 0 Å². The van der Waals surface area contributed by atoms with Gasteiger partial charge in [-0.3, -0.25) is 19.3 Å². The first kappa shape index (κ1) is 34.9. The fourth-order valence-corrected chi connectivity index (χ4v) is 8.11. The molecule has 264 valence electrons. The van der Waals surface area contributed by atoms with Gasteiger partial charge in [0.1, 0.15) is 5.75 Å². The molecule has 49 heavy (non-hydrogen) atoms. The molecule has 3 fully saturated rings. The lowest BCUT2D eigenvalue weighted by atomic mass is 9.91. The van der Waals surface area contributed by atoms with Gasteiger partial charge in [0.2, 0.25) is 11.8 Å². The molecule has 4 amide bonds. The number of benzene rings is 2. The van der Waals surface area contributed by atoms with Gasteiger partial charge in [-0.05, 0) is 80.7 Å². The van der Waals surface area contributed by atoms with Crippen molar-refractivity contribution in [3.8, 4) is 5.75 Å². The fraction of sp³-hybridized carbons (Fsp3) is 0.579. The molecule has 6 rings (SSSR count). The van der Waals surface area contributed by atoms with Crippen LogP contribution in [0.15, 0.2) is 36.4 Å². The topological polar surface area (TPSA) is 112 Å². The number of amides is 4. The summed E-state index contributed by atoms with van der Waals surface area (Å²) in [6.45, 7) is 11.5. The predicted molar refractivity (Wildman–Crippen MR) is 187 cm³/mol. The zero-order chi connectivity index (χ0) is 34.5. The first-order chi connectivity index (χ1) is 23.7. The maximum absolute atomic E-state index is 14.2. The zero-order valence-corrected chi connectivity index (χ0v) is 29.2. The van der Waals surface area contributed by atoms with Crippen molar-refractivity contribution in [2.45, 2.75) is 77.8 Å². The van der Waals surface area contributed by atoms with Crippen LogP contribution in [0.3, 0.4) is 0 Å². The smallest absolute Gasteiger partial charge is 0.322 e. The number of carbonyl (C=O) groups is 4. The molecule has 1 N–H and O–H groups in total. The van der Waals surface area contributed by atoms with Crippen LogP contribution in [-0.2, 0) is 32.0 Å². The summed E-state index contributed by atoms with van der Waals surface area (Å²) in [5.74, 6) is -0.328. The molecule has 11 heteroatoms. The maximum Gasteiger partial charge on any atom is 0.322 e. The largest absolute Gasteiger partial charge is 0.426 e. The van der Waals surface area contributed by atoms with E-state index in [4.69, 9.17) is 9.47 Å². The summed E-state index contributed by atoms with van der Waals surface area (Å²) in [5, 5.41) is 3.07. The van der Waals surface area contributed by atoms with Gasteiger partial charge in [-0.1, -0.05) is 30.3 Å². The highest BCUT2D eigenvalue weighted by molar-refractivity contribution is 5.91. The van der Waals surface area contributed by atoms with E-state index in [0.29, 0.717) is 63.8 Å². The first-order valence-corrected chi connectivity index (χ1v) is 18.0. The Hall–Kier alpha value is -3.96. The summed E-state index contributed by atoms with van der Waals surface area (Å²) >= 11 is 0. The van der Waals surface area contributed by atoms with Gasteiger partial charge in [-0.2, -0.15) is 0 Å². The minimum atomic E-state index is -0.506. The highest BCUT2D eigenvalue weighted by Crippen LogP contribution is 2.29. The lowest BCUT2D eigenvalue weighted by Crippen LogP contribution is -2.54. The maximum atomic E-state index is 14.2. The number of esters is 1. The molecule has 4 aliphatic heterocycles. The fourth-order valence-electron chi connectivity index (χ4n) is 8.11. The van der Waals surface area contributed by atoms with Gasteiger partial charge in [-0.25, -0.2) is 4.79 Å². The molecule has 0 unspecified atom stereocenters. The molecule has 0 bridgehead atoms. The number of para-hydroxylation sites is 1. The normalized spacial score (nSPS) is 20.3. The van der Waals surface area contributed by atoms with Gasteiger partial charge >= 0.3 is 12.0 Å². The second-order valence-electron chi connectivity index (χ2n) is 14.1. The number of ether oxygens (including phenoxy) is 2. The third kappa shape index (κ3) is 8.44. The second-order valence-corrected chi connectivity index (χ2v) is 14.1. The highest BCUT2D eigenvalue weighted by Gasteiger charge is 2.35. The third-order valence-corrected chi connectivity index (χ3v) is 10.8. The number of hydrogen-bond donors (Lipinski definition) is 1. The van der Waals surface area contributed by atoms with Crippen molar-refractivity contribution >= 4 is 29.5 Å². The van der Waals surface area contributed by atoms with Crippen LogP contribution in [0.1, 0.15) is 61.3 Å². The van der Waals surface area contributed by atoms with Crippen molar-refractivity contribution in [1.82, 2.24) is 19.6 Å². The molecule has 2 aromatic rings. The molecule has 1 atom stereocenters. The molecule has 0 aromatic heterocycles. The van der Waals surface area contributed by atoms with Crippen LogP contribution in [0.25, 0.3) is 0 Å². The number of anilines is 1. The summed E-state index contributed by atoms with van der Waals surface area (Å²) in [4.78, 5) is 61.1. The monoisotopic (exact) mass is 673 g/mol. The molecule has 11 nitrogen and oxygen atoms in total. The van der Waals surface area contributed by atoms with E-state index < -0.39 is 5.92 Å². The lowest BCUT2D eigenvalue weighted by molar-refractivity contribution is -0.143. The molecular weight excluding hydrogens is 622 g/mol. The summed E-state index contributed by atoms with van der Waals surface area (Å²) in [6.07, 6.45) is 4.82. The van der Waals surface area contributed by atoms with E-state index in [0.717, 1.165) is 73.5 Å². The average molecular weight is 674 g/mol. The Morgan fingerprint density at radius 3 is 2.22 bits per heavy atom. The molecule has 0 radical (unpaired) electrons. The Labute approximate surface area is 289 Å². The van der Waals surface area contributed by atoms with Gasteiger partial charge in [-0.15, -0.1) is 0 Å². The SMILES string of the molecule is CC(=O)Oc1c(C)cc(C[C@@H](CC(=O)N2CCC(N3CCc4ccccc4NC3=O)CC2)C(=O)N2CCN(C3CCOCC3)CC2)cc1C. The average Bonchev–Trinajstić information content (AvgIpc) is 3.27. The highest BCUT2D eigenvalue weighted by atomic mass is 16.5. The van der Waals surface area contributed by atoms with E-state index in [1.54, 1.807) is 0 Å². The van der Waals surface area contributed by atoms with Crippen LogP contribution in [0, 0.1) is 19.8 Å². The number of fused-ring (bicyclic) bond motifs is 1. The molecule has 0 spiro atoms. The van der Waals surface area contributed by atoms with Crippen molar-refractivity contribution in [3.63, 3.8) is 0 Å². The number of likely N-dealkylation sites (tertiary alicyclic amines) is 1. The Balaban J connectivity index is 1.11. The van der Waals surface area contributed by atoms with Crippen molar-refractivity contribution in [2.24, 2.45) is 5.92 Å². The van der Waals surface area contributed by atoms with Crippen LogP contribution in [0.5, 0.6) is 5.75 Å². The number of aryl methyl sites for hydroxylation is 2. The molecule has 4 aliphatic rings. The second kappa shape index (κ2) is 15.7. The number of rotatable bonds is 8. The zero-order valence-electron chi connectivity index (χ0n) is 29.2. The summed E-state index contributed by atoms with van der Waals surface area (Å²) in [5.41, 5.74) is 4.61. The van der Waals surface area contributed by atoms with Gasteiger partial charge in [0.15, 0.2) is 0 Å². The predicted octanol–water partition coefficient (Wildman–Crippen LogP) is 4.18. The molecule has 4 heterocycles. The van der Waals surface area contributed by atoms with E-state index in [1.165, 1.54) is 6.92 Å². The minimum Gasteiger partial charge on any atom is -0.426 e. The number of nitrogens with one attached hydrogen (secondary N) is 1. The number of hydrogen-bond acceptors (Lipinski definition) is 7. The Kier molecular flexibility index (Phi) is 11.2. The van der Waals surface area contributed by atoms with Crippen LogP contribution in [-0.4, -0.2) is 115 Å². The number of piperidine rings is 1. The van der Waals surface area contributed by atoms with E-state index in [1.807, 2.05) is 58.9 Å². The molecule has 3 saturated heterocycles. The number of urea groups is 1. The standard InChI is InChI=1S/C38H51N5O6/c1-26-22-29(23-27(2)36(26)49-28(3)44)24-31(37(46)42-18-16-40(17-19-42)32-11-20-48-21-12-32)25-35(45)41-13-9-33(10-14-41)43-15-8-30-6-4-5-7-34(30)39-38(43)47/h4-7,22-23,31-33H,8-21,24-25H2,1-3H3,(H,39,47)/t31-/m0/s1. The van der Waals surface area contributed by atoms with Crippen molar-refractivity contribution in [2.75, 3.05) is 64.3 Å². The van der Waals surface area contributed by atoms with E-state index in [2.05, 4.69) is 16.3 Å². The molecule has 0 aliphatic carbocycles. The first-order valence-electron chi connectivity index (χ1n) is 18.0. The van der Waals surface area contributed by atoms with Crippen molar-refractivity contribution < 1.29 is 28.7 Å². The lowest BCUT2D eigenvalue weighted by Gasteiger charge is -2.41. The minimum absolute atomic E-state index is 0.0182.